The first-order chi connectivity index (χ1) is 8.41. The number of carbonyl (C=O) groups excluding carboxylic acids is 3. The summed E-state index contributed by atoms with van der Waals surface area (Å²) < 4.78 is 0. The average Bonchev–Trinajstić information content (AvgIpc) is 2.63. The van der Waals surface area contributed by atoms with Crippen LogP contribution < -0.4 is 11.1 Å². The van der Waals surface area contributed by atoms with Crippen LogP contribution in [0.15, 0.2) is 18.2 Å². The monoisotopic (exact) mass is 250 g/mol. The number of amides is 2. The van der Waals surface area contributed by atoms with Crippen LogP contribution in [0, 0.1) is 0 Å². The molecule has 2 unspecified atom stereocenters. The van der Waals surface area contributed by atoms with Crippen LogP contribution in [0.25, 0.3) is 0 Å². The lowest BCUT2D eigenvalue weighted by Gasteiger charge is -2.15. The highest BCUT2D eigenvalue weighted by molar-refractivity contribution is 6.51. The highest BCUT2D eigenvalue weighted by Gasteiger charge is 2.30. The summed E-state index contributed by atoms with van der Waals surface area (Å²) in [5, 5.41) is 21.3. The molecule has 1 aromatic rings. The quantitative estimate of drug-likeness (QED) is 0.495. The van der Waals surface area contributed by atoms with Crippen LogP contribution >= 0.6 is 0 Å². The number of aliphatic hydroxyl groups excluding tert-OH is 2. The highest BCUT2D eigenvalue weighted by Crippen LogP contribution is 2.27. The number of rotatable bonds is 3. The van der Waals surface area contributed by atoms with Gasteiger partial charge in [-0.1, -0.05) is 6.07 Å². The summed E-state index contributed by atoms with van der Waals surface area (Å²) in [5.41, 5.74) is 5.40. The Labute approximate surface area is 101 Å². The Morgan fingerprint density at radius 1 is 1.28 bits per heavy atom. The van der Waals surface area contributed by atoms with Crippen LogP contribution in [0.5, 0.6) is 0 Å². The van der Waals surface area contributed by atoms with Crippen LogP contribution in [0.2, 0.25) is 0 Å². The molecule has 1 aliphatic rings. The fourth-order valence-corrected chi connectivity index (χ4v) is 1.68. The number of nitrogens with two attached hydrogens (primary N) is 1. The number of benzene rings is 1. The van der Waals surface area contributed by atoms with E-state index in [1.807, 2.05) is 0 Å². The molecule has 2 rings (SSSR count). The zero-order chi connectivity index (χ0) is 13.4. The van der Waals surface area contributed by atoms with E-state index in [1.54, 1.807) is 0 Å². The van der Waals surface area contributed by atoms with Crippen molar-refractivity contribution in [3.8, 4) is 0 Å². The van der Waals surface area contributed by atoms with Gasteiger partial charge in [0.15, 0.2) is 6.10 Å². The van der Waals surface area contributed by atoms with Crippen molar-refractivity contribution in [1.82, 2.24) is 0 Å². The highest BCUT2D eigenvalue weighted by atomic mass is 16.3. The van der Waals surface area contributed by atoms with Crippen molar-refractivity contribution in [2.45, 2.75) is 12.2 Å². The van der Waals surface area contributed by atoms with Gasteiger partial charge in [0.05, 0.1) is 11.3 Å². The number of primary amides is 1. The minimum atomic E-state index is -1.77. The third kappa shape index (κ3) is 1.85. The third-order valence-electron chi connectivity index (χ3n) is 2.67. The molecule has 7 nitrogen and oxygen atoms in total. The zero-order valence-corrected chi connectivity index (χ0v) is 9.08. The SMILES string of the molecule is NC(=O)C(O)C(O)c1ccc2c(c1)C(=O)C(=O)N2. The van der Waals surface area contributed by atoms with Crippen molar-refractivity contribution in [2.24, 2.45) is 5.73 Å². The van der Waals surface area contributed by atoms with E-state index in [4.69, 9.17) is 5.73 Å². The lowest BCUT2D eigenvalue weighted by molar-refractivity contribution is -0.132. The second-order valence-electron chi connectivity index (χ2n) is 3.88. The average molecular weight is 250 g/mol. The number of carbonyl (C=O) groups is 3. The van der Waals surface area contributed by atoms with Crippen molar-refractivity contribution < 1.29 is 24.6 Å². The van der Waals surface area contributed by atoms with Crippen molar-refractivity contribution in [1.29, 1.82) is 0 Å². The summed E-state index contributed by atoms with van der Waals surface area (Å²) >= 11 is 0. The molecule has 0 radical (unpaired) electrons. The number of aliphatic hydroxyl groups is 2. The predicted molar refractivity (Wildman–Crippen MR) is 59.6 cm³/mol. The van der Waals surface area contributed by atoms with Crippen molar-refractivity contribution >= 4 is 23.3 Å². The Kier molecular flexibility index (Phi) is 2.85. The van der Waals surface area contributed by atoms with Crippen molar-refractivity contribution in [3.63, 3.8) is 0 Å². The van der Waals surface area contributed by atoms with Gasteiger partial charge in [-0.25, -0.2) is 0 Å². The lowest BCUT2D eigenvalue weighted by Crippen LogP contribution is -2.33. The number of hydrogen-bond acceptors (Lipinski definition) is 5. The molecule has 1 aliphatic heterocycles. The van der Waals surface area contributed by atoms with E-state index in [0.29, 0.717) is 5.69 Å². The minimum absolute atomic E-state index is 0.0909. The first kappa shape index (κ1) is 12.2. The molecule has 1 aromatic carbocycles. The molecule has 94 valence electrons. The first-order valence-corrected chi connectivity index (χ1v) is 5.07. The normalized spacial score (nSPS) is 17.0. The zero-order valence-electron chi connectivity index (χ0n) is 9.08. The molecule has 0 bridgehead atoms. The third-order valence-corrected chi connectivity index (χ3v) is 2.67. The topological polar surface area (TPSA) is 130 Å². The largest absolute Gasteiger partial charge is 0.385 e. The summed E-state index contributed by atoms with van der Waals surface area (Å²) in [4.78, 5) is 33.3. The van der Waals surface area contributed by atoms with Crippen molar-refractivity contribution in [3.05, 3.63) is 29.3 Å². The molecule has 0 fully saturated rings. The molecule has 2 atom stereocenters. The van der Waals surface area contributed by atoms with Gasteiger partial charge in [-0.3, -0.25) is 14.4 Å². The predicted octanol–water partition coefficient (Wildman–Crippen LogP) is -1.30. The maximum Gasteiger partial charge on any atom is 0.296 e. The van der Waals surface area contributed by atoms with Gasteiger partial charge in [-0.15, -0.1) is 0 Å². The van der Waals surface area contributed by atoms with E-state index in [1.165, 1.54) is 18.2 Å². The van der Waals surface area contributed by atoms with Crippen LogP contribution in [-0.2, 0) is 9.59 Å². The van der Waals surface area contributed by atoms with Gasteiger partial charge in [0.2, 0.25) is 5.91 Å². The van der Waals surface area contributed by atoms with E-state index in [0.717, 1.165) is 0 Å². The summed E-state index contributed by atoms with van der Waals surface area (Å²) in [6.07, 6.45) is -3.32. The van der Waals surface area contributed by atoms with Crippen LogP contribution in [0.4, 0.5) is 5.69 Å². The Morgan fingerprint density at radius 3 is 2.56 bits per heavy atom. The van der Waals surface area contributed by atoms with Gasteiger partial charge < -0.3 is 21.3 Å². The van der Waals surface area contributed by atoms with Gasteiger partial charge in [0.25, 0.3) is 11.7 Å². The van der Waals surface area contributed by atoms with Gasteiger partial charge in [0.1, 0.15) is 6.10 Å². The molecule has 7 heteroatoms. The fraction of sp³-hybridized carbons (Fsp3) is 0.182. The number of nitrogens with one attached hydrogen (secondary N) is 1. The molecule has 5 N–H and O–H groups in total. The molecule has 1 heterocycles. The lowest BCUT2D eigenvalue weighted by atomic mass is 10.00. The van der Waals surface area contributed by atoms with E-state index in [-0.39, 0.29) is 11.1 Å². The van der Waals surface area contributed by atoms with Gasteiger partial charge >= 0.3 is 0 Å². The molecular formula is C11H10N2O5. The maximum absolute atomic E-state index is 11.4. The second-order valence-corrected chi connectivity index (χ2v) is 3.88. The van der Waals surface area contributed by atoms with E-state index >= 15 is 0 Å². The summed E-state index contributed by atoms with van der Waals surface area (Å²) in [6.45, 7) is 0. The van der Waals surface area contributed by atoms with E-state index in [9.17, 15) is 24.6 Å². The number of ketones is 1. The number of hydrogen-bond donors (Lipinski definition) is 4. The Bertz CT molecular complexity index is 554. The van der Waals surface area contributed by atoms with Crippen molar-refractivity contribution in [2.75, 3.05) is 5.32 Å². The summed E-state index contributed by atoms with van der Waals surface area (Å²) in [7, 11) is 0. The molecule has 18 heavy (non-hydrogen) atoms. The van der Waals surface area contributed by atoms with E-state index < -0.39 is 29.8 Å². The summed E-state index contributed by atoms with van der Waals surface area (Å²) in [5.74, 6) is -2.57. The Hall–Kier alpha value is -2.25. The second kappa shape index (κ2) is 4.21. The molecular weight excluding hydrogens is 240 g/mol. The maximum atomic E-state index is 11.4. The number of anilines is 1. The van der Waals surface area contributed by atoms with Crippen LogP contribution in [0.1, 0.15) is 22.0 Å². The van der Waals surface area contributed by atoms with Gasteiger partial charge in [-0.05, 0) is 17.7 Å². The molecule has 0 aliphatic carbocycles. The van der Waals surface area contributed by atoms with E-state index in [2.05, 4.69) is 5.32 Å². The first-order valence-electron chi connectivity index (χ1n) is 5.07. The standard InChI is InChI=1S/C11H10N2O5/c12-10(17)9(16)7(14)4-1-2-6-5(3-4)8(15)11(18)13-6/h1-3,7,9,14,16H,(H2,12,17)(H,13,15,18). The van der Waals surface area contributed by atoms with Gasteiger partial charge in [0, 0.05) is 0 Å². The molecule has 0 saturated heterocycles. The minimum Gasteiger partial charge on any atom is -0.385 e. The Morgan fingerprint density at radius 2 is 1.94 bits per heavy atom. The fourth-order valence-electron chi connectivity index (χ4n) is 1.68. The molecule has 2 amide bonds. The Balaban J connectivity index is 2.36. The molecule has 0 saturated carbocycles. The van der Waals surface area contributed by atoms with Gasteiger partial charge in [-0.2, -0.15) is 0 Å². The van der Waals surface area contributed by atoms with Crippen LogP contribution in [-0.4, -0.2) is 33.9 Å². The summed E-state index contributed by atoms with van der Waals surface area (Å²) in [6, 6.07) is 4.03. The number of fused-ring (bicyclic) bond motifs is 1. The van der Waals surface area contributed by atoms with Crippen LogP contribution in [0.3, 0.4) is 0 Å². The molecule has 0 spiro atoms. The number of Topliss-reactive ketones (excluding diaryl/α,β-unsaturated/α-hetero) is 1. The molecule has 0 aromatic heterocycles. The smallest absolute Gasteiger partial charge is 0.296 e.